The van der Waals surface area contributed by atoms with Crippen molar-refractivity contribution in [3.05, 3.63) is 88.9 Å². The number of halogens is 1. The molecule has 1 aromatic heterocycles. The van der Waals surface area contributed by atoms with Crippen molar-refractivity contribution in [3.63, 3.8) is 0 Å². The van der Waals surface area contributed by atoms with Crippen molar-refractivity contribution in [2.75, 3.05) is 17.6 Å². The summed E-state index contributed by atoms with van der Waals surface area (Å²) < 4.78 is 10.1. The number of hydrogen-bond acceptors (Lipinski definition) is 9. The van der Waals surface area contributed by atoms with Gasteiger partial charge in [-0.3, -0.25) is 19.2 Å². The van der Waals surface area contributed by atoms with Crippen molar-refractivity contribution in [3.8, 4) is 0 Å². The molecule has 5 rings (SSSR count). The third kappa shape index (κ3) is 6.03. The first kappa shape index (κ1) is 28.2. The van der Waals surface area contributed by atoms with Crippen LogP contribution >= 0.6 is 39.2 Å². The van der Waals surface area contributed by atoms with E-state index in [0.717, 1.165) is 11.1 Å². The maximum Gasteiger partial charge on any atom is 0.319 e. The third-order valence-corrected chi connectivity index (χ3v) is 9.41. The second-order valence-electron chi connectivity index (χ2n) is 9.49. The summed E-state index contributed by atoms with van der Waals surface area (Å²) in [5.74, 6) is -1.23. The minimum atomic E-state index is -1.16. The minimum absolute atomic E-state index is 0.0712. The largest absolute Gasteiger partial charge is 0.452 e. The number of benzene rings is 2. The molecule has 2 unspecified atom stereocenters. The normalized spacial score (nSPS) is 22.1. The number of nitrogens with one attached hydrogen (secondary N) is 1. The van der Waals surface area contributed by atoms with Gasteiger partial charge in [0.25, 0.3) is 0 Å². The molecule has 9 nitrogen and oxygen atoms in total. The number of alkyl halides is 1. The lowest BCUT2D eigenvalue weighted by Crippen LogP contribution is -2.73. The Morgan fingerprint density at radius 2 is 1.80 bits per heavy atom. The fourth-order valence-corrected chi connectivity index (χ4v) is 6.77. The molecule has 0 spiro atoms. The summed E-state index contributed by atoms with van der Waals surface area (Å²) >= 11 is 5.63. The number of esters is 1. The summed E-state index contributed by atoms with van der Waals surface area (Å²) in [5, 5.41) is 8.21. The Bertz CT molecular complexity index is 1370. The summed E-state index contributed by atoms with van der Waals surface area (Å²) in [6.07, 6.45) is 2.53. The van der Waals surface area contributed by atoms with E-state index >= 15 is 0 Å². The van der Waals surface area contributed by atoms with Crippen LogP contribution in [0.3, 0.4) is 0 Å². The van der Waals surface area contributed by atoms with Gasteiger partial charge in [0.05, 0.1) is 17.4 Å². The van der Waals surface area contributed by atoms with E-state index in [1.165, 1.54) is 23.3 Å². The maximum absolute atomic E-state index is 14.1. The highest BCUT2D eigenvalue weighted by molar-refractivity contribution is 9.09. The van der Waals surface area contributed by atoms with Crippen molar-refractivity contribution < 1.29 is 23.9 Å². The van der Waals surface area contributed by atoms with Crippen molar-refractivity contribution in [2.45, 2.75) is 23.9 Å². The van der Waals surface area contributed by atoms with Gasteiger partial charge in [-0.25, -0.2) is 0 Å². The summed E-state index contributed by atoms with van der Waals surface area (Å²) in [6, 6.07) is 18.3. The number of rotatable bonds is 10. The number of Topliss-reactive ketones (excluding diaryl/α,β-unsaturated/α-hetero) is 1. The molecule has 12 heteroatoms. The first-order valence-corrected chi connectivity index (χ1v) is 15.5. The fourth-order valence-electron chi connectivity index (χ4n) is 4.64. The Hall–Kier alpha value is -3.35. The highest BCUT2D eigenvalue weighted by Crippen LogP contribution is 2.44. The van der Waals surface area contributed by atoms with Crippen LogP contribution in [-0.4, -0.2) is 67.1 Å². The van der Waals surface area contributed by atoms with E-state index in [2.05, 4.69) is 30.8 Å². The molecule has 2 saturated heterocycles. The Morgan fingerprint density at radius 3 is 2.40 bits per heavy atom. The average Bonchev–Trinajstić information content (AvgIpc) is 3.52. The molecular formula is C28H25BrN4O5S2. The van der Waals surface area contributed by atoms with Crippen molar-refractivity contribution in [1.29, 1.82) is 0 Å². The number of thioether (sulfide) groups is 1. The van der Waals surface area contributed by atoms with Crippen LogP contribution in [0.4, 0.5) is 0 Å². The molecule has 206 valence electrons. The number of aromatic nitrogens is 2. The van der Waals surface area contributed by atoms with Crippen LogP contribution in [0.2, 0.25) is 0 Å². The Morgan fingerprint density at radius 1 is 1.12 bits per heavy atom. The van der Waals surface area contributed by atoms with Gasteiger partial charge in [0.1, 0.15) is 16.8 Å². The Labute approximate surface area is 247 Å². The number of ether oxygens (including phenoxy) is 1. The predicted molar refractivity (Wildman–Crippen MR) is 156 cm³/mol. The minimum Gasteiger partial charge on any atom is -0.452 e. The second kappa shape index (κ2) is 12.4. The molecule has 3 aromatic rings. The van der Waals surface area contributed by atoms with E-state index in [4.69, 9.17) is 4.74 Å². The van der Waals surface area contributed by atoms with Gasteiger partial charge in [0.15, 0.2) is 11.9 Å². The van der Waals surface area contributed by atoms with E-state index in [9.17, 15) is 19.2 Å². The first-order chi connectivity index (χ1) is 19.4. The number of ketones is 1. The van der Waals surface area contributed by atoms with E-state index in [0.29, 0.717) is 11.4 Å². The first-order valence-electron chi connectivity index (χ1n) is 12.5. The molecule has 2 aliphatic heterocycles. The Kier molecular flexibility index (Phi) is 8.77. The second-order valence-corrected chi connectivity index (χ2v) is 11.8. The fraction of sp³-hybridized carbons (Fsp3) is 0.286. The summed E-state index contributed by atoms with van der Waals surface area (Å²) in [4.78, 5) is 52.6. The average molecular weight is 642 g/mol. The van der Waals surface area contributed by atoms with Crippen LogP contribution in [0, 0.1) is 5.41 Å². The van der Waals surface area contributed by atoms with E-state index in [1.807, 2.05) is 60.7 Å². The van der Waals surface area contributed by atoms with Crippen molar-refractivity contribution >= 4 is 68.9 Å². The molecular weight excluding hydrogens is 616 g/mol. The molecule has 2 aromatic carbocycles. The highest BCUT2D eigenvalue weighted by atomic mass is 79.9. The van der Waals surface area contributed by atoms with Crippen LogP contribution in [0.15, 0.2) is 72.1 Å². The zero-order valence-corrected chi connectivity index (χ0v) is 24.4. The standard InChI is InChI=1S/C28H25BrN4O5S2/c29-14-21(34)13-22(35)30-23-25(36)33-16-28(17-39-26(23)33,12-11-20-15-40-32-31-20)27(37)38-24(18-7-3-1-4-8-18)19-9-5-2-6-10-19/h1-12,15,23-24,26H,13-14,16-17H2,(H,30,35)/t23?,26-,28?/m1/s1. The molecule has 2 amide bonds. The van der Waals surface area contributed by atoms with Crippen molar-refractivity contribution in [1.82, 2.24) is 19.8 Å². The van der Waals surface area contributed by atoms with Crippen LogP contribution < -0.4 is 5.32 Å². The van der Waals surface area contributed by atoms with E-state index < -0.39 is 29.4 Å². The van der Waals surface area contributed by atoms with Crippen LogP contribution in [-0.2, 0) is 23.9 Å². The molecule has 0 aliphatic carbocycles. The van der Waals surface area contributed by atoms with Gasteiger partial charge in [-0.2, -0.15) is 0 Å². The molecule has 1 N–H and O–H groups in total. The van der Waals surface area contributed by atoms with Crippen LogP contribution in [0.1, 0.15) is 29.3 Å². The van der Waals surface area contributed by atoms with Crippen LogP contribution in [0.5, 0.6) is 0 Å². The predicted octanol–water partition coefficient (Wildman–Crippen LogP) is 3.62. The van der Waals surface area contributed by atoms with Gasteiger partial charge in [-0.1, -0.05) is 87.2 Å². The summed E-state index contributed by atoms with van der Waals surface area (Å²) in [7, 11) is 0. The van der Waals surface area contributed by atoms with Gasteiger partial charge in [-0.05, 0) is 28.7 Å². The number of nitrogens with zero attached hydrogens (tertiary/aromatic N) is 3. The molecule has 0 radical (unpaired) electrons. The molecule has 3 heterocycles. The summed E-state index contributed by atoms with van der Waals surface area (Å²) in [5.41, 5.74) is 1.09. The van der Waals surface area contributed by atoms with Gasteiger partial charge >= 0.3 is 5.97 Å². The molecule has 0 saturated carbocycles. The maximum atomic E-state index is 14.1. The van der Waals surface area contributed by atoms with Gasteiger partial charge < -0.3 is 15.0 Å². The SMILES string of the molecule is O=C(CBr)CC(=O)NC1C(=O)N2CC(C=Cc3csnn3)(C(=O)OC(c3ccccc3)c3ccccc3)CS[C@H]12. The monoisotopic (exact) mass is 640 g/mol. The van der Waals surface area contributed by atoms with E-state index in [1.54, 1.807) is 22.4 Å². The van der Waals surface area contributed by atoms with Gasteiger partial charge in [-0.15, -0.1) is 16.9 Å². The zero-order valence-electron chi connectivity index (χ0n) is 21.1. The van der Waals surface area contributed by atoms with Gasteiger partial charge in [0, 0.05) is 17.7 Å². The van der Waals surface area contributed by atoms with Crippen LogP contribution in [0.25, 0.3) is 6.08 Å². The number of carbonyl (C=O) groups excluding carboxylic acids is 4. The number of fused-ring (bicyclic) bond motifs is 1. The lowest BCUT2D eigenvalue weighted by Gasteiger charge is -2.53. The molecule has 2 aliphatic rings. The van der Waals surface area contributed by atoms with Crippen molar-refractivity contribution in [2.24, 2.45) is 5.41 Å². The molecule has 0 bridgehead atoms. The quantitative estimate of drug-likeness (QED) is 0.154. The molecule has 40 heavy (non-hydrogen) atoms. The lowest BCUT2D eigenvalue weighted by atomic mass is 9.86. The number of hydrogen-bond donors (Lipinski definition) is 1. The van der Waals surface area contributed by atoms with Gasteiger partial charge in [0.2, 0.25) is 11.8 Å². The number of β-lactam (4-membered cyclic amide) rings is 1. The zero-order chi connectivity index (χ0) is 28.1. The number of carbonyl (C=O) groups is 4. The lowest BCUT2D eigenvalue weighted by molar-refractivity contribution is -0.162. The van der Waals surface area contributed by atoms with E-state index in [-0.39, 0.29) is 35.4 Å². The molecule has 2 fully saturated rings. The smallest absolute Gasteiger partial charge is 0.319 e. The third-order valence-electron chi connectivity index (χ3n) is 6.71. The number of amides is 2. The Balaban J connectivity index is 1.39. The summed E-state index contributed by atoms with van der Waals surface area (Å²) in [6.45, 7) is 0.0827. The topological polar surface area (TPSA) is 119 Å². The molecule has 3 atom stereocenters. The highest BCUT2D eigenvalue weighted by Gasteiger charge is 2.57.